The maximum atomic E-state index is 13.0. The Labute approximate surface area is 200 Å². The molecule has 13 nitrogen and oxygen atoms in total. The van der Waals surface area contributed by atoms with Crippen molar-refractivity contribution in [3.63, 3.8) is 0 Å². The van der Waals surface area contributed by atoms with Gasteiger partial charge in [-0.05, 0) is 41.2 Å². The summed E-state index contributed by atoms with van der Waals surface area (Å²) < 4.78 is 2.99. The Morgan fingerprint density at radius 2 is 1.71 bits per heavy atom. The van der Waals surface area contributed by atoms with Gasteiger partial charge in [0.05, 0.1) is 10.6 Å². The molecule has 2 saturated heterocycles. The molecule has 0 radical (unpaired) electrons. The largest absolute Gasteiger partial charge is 0.341 e. The summed E-state index contributed by atoms with van der Waals surface area (Å²) >= 11 is 0. The van der Waals surface area contributed by atoms with Gasteiger partial charge in [-0.15, -0.1) is 5.10 Å². The molecule has 0 aliphatic carbocycles. The van der Waals surface area contributed by atoms with E-state index in [1.807, 2.05) is 9.80 Å². The zero-order chi connectivity index (χ0) is 24.4. The van der Waals surface area contributed by atoms with Gasteiger partial charge in [-0.25, -0.2) is 4.68 Å². The van der Waals surface area contributed by atoms with Gasteiger partial charge in [0, 0.05) is 50.1 Å². The highest BCUT2D eigenvalue weighted by molar-refractivity contribution is 5.77. The van der Waals surface area contributed by atoms with Crippen LogP contribution >= 0.6 is 0 Å². The van der Waals surface area contributed by atoms with E-state index in [0.29, 0.717) is 37.4 Å². The van der Waals surface area contributed by atoms with Crippen molar-refractivity contribution in [2.45, 2.75) is 32.4 Å². The normalized spacial score (nSPS) is 17.1. The topological polar surface area (TPSA) is 145 Å². The van der Waals surface area contributed by atoms with Gasteiger partial charge in [0.2, 0.25) is 11.8 Å². The fourth-order valence-electron chi connectivity index (χ4n) is 4.90. The van der Waals surface area contributed by atoms with Crippen molar-refractivity contribution >= 4 is 17.5 Å². The second-order valence-electron chi connectivity index (χ2n) is 9.16. The Morgan fingerprint density at radius 3 is 2.43 bits per heavy atom. The minimum atomic E-state index is -0.442. The van der Waals surface area contributed by atoms with Crippen LogP contribution in [0.4, 0.5) is 5.69 Å². The van der Waals surface area contributed by atoms with Crippen LogP contribution in [0.2, 0.25) is 0 Å². The fraction of sp³-hybridized carbons (Fsp3) is 0.455. The highest BCUT2D eigenvalue weighted by atomic mass is 16.6. The predicted molar refractivity (Wildman–Crippen MR) is 122 cm³/mol. The SMILES string of the molecule is O=C(Cn1cnnn1)N1CCC2(CC1)CCN(C(=O)Cn1ccc(-c3cccc([N+](=O)[O-])c3)n1)C2. The molecule has 0 saturated carbocycles. The molecular formula is C22H25N9O4. The molecule has 2 aliphatic rings. The molecule has 1 spiro atoms. The number of carbonyl (C=O) groups is 2. The lowest BCUT2D eigenvalue weighted by Crippen LogP contribution is -2.45. The molecule has 35 heavy (non-hydrogen) atoms. The Balaban J connectivity index is 1.14. The lowest BCUT2D eigenvalue weighted by atomic mass is 9.78. The molecular weight excluding hydrogens is 454 g/mol. The van der Waals surface area contributed by atoms with E-state index in [2.05, 4.69) is 20.6 Å². The van der Waals surface area contributed by atoms with Gasteiger partial charge in [-0.3, -0.25) is 24.4 Å². The van der Waals surface area contributed by atoms with Crippen molar-refractivity contribution in [3.05, 3.63) is 53.0 Å². The fourth-order valence-corrected chi connectivity index (χ4v) is 4.90. The molecule has 0 atom stereocenters. The van der Waals surface area contributed by atoms with Crippen LogP contribution in [0, 0.1) is 15.5 Å². The quantitative estimate of drug-likeness (QED) is 0.376. The number of nitro benzene ring substituents is 1. The number of amides is 2. The average Bonchev–Trinajstić information content (AvgIpc) is 3.62. The molecule has 2 fully saturated rings. The first-order chi connectivity index (χ1) is 16.9. The number of piperidine rings is 1. The number of carbonyl (C=O) groups excluding carboxylic acids is 2. The first-order valence-corrected chi connectivity index (χ1v) is 11.5. The molecule has 182 valence electrons. The summed E-state index contributed by atoms with van der Waals surface area (Å²) in [4.78, 5) is 39.8. The lowest BCUT2D eigenvalue weighted by Gasteiger charge is -2.39. The van der Waals surface area contributed by atoms with Crippen LogP contribution < -0.4 is 0 Å². The molecule has 3 aromatic rings. The number of non-ortho nitro benzene ring substituents is 1. The molecule has 13 heteroatoms. The molecule has 2 aliphatic heterocycles. The Kier molecular flexibility index (Phi) is 5.97. The van der Waals surface area contributed by atoms with Crippen LogP contribution in [0.5, 0.6) is 0 Å². The third-order valence-corrected chi connectivity index (χ3v) is 6.95. The summed E-state index contributed by atoms with van der Waals surface area (Å²) in [5, 5.41) is 26.3. The Morgan fingerprint density at radius 1 is 1.00 bits per heavy atom. The average molecular weight is 480 g/mol. The number of aromatic nitrogens is 6. The number of tetrazole rings is 1. The van der Waals surface area contributed by atoms with Gasteiger partial charge < -0.3 is 9.80 Å². The van der Waals surface area contributed by atoms with Gasteiger partial charge >= 0.3 is 0 Å². The first-order valence-electron chi connectivity index (χ1n) is 11.5. The molecule has 0 bridgehead atoms. The smallest absolute Gasteiger partial charge is 0.270 e. The van der Waals surface area contributed by atoms with E-state index in [4.69, 9.17) is 0 Å². The van der Waals surface area contributed by atoms with E-state index in [9.17, 15) is 19.7 Å². The van der Waals surface area contributed by atoms with Crippen molar-refractivity contribution < 1.29 is 14.5 Å². The van der Waals surface area contributed by atoms with Gasteiger partial charge in [-0.2, -0.15) is 5.10 Å². The van der Waals surface area contributed by atoms with E-state index in [-0.39, 0.29) is 36.0 Å². The summed E-state index contributed by atoms with van der Waals surface area (Å²) in [5.41, 5.74) is 1.25. The minimum Gasteiger partial charge on any atom is -0.341 e. The van der Waals surface area contributed by atoms with Gasteiger partial charge in [0.1, 0.15) is 19.4 Å². The minimum absolute atomic E-state index is 0.00126. The third-order valence-electron chi connectivity index (χ3n) is 6.95. The van der Waals surface area contributed by atoms with Gasteiger partial charge in [0.15, 0.2) is 0 Å². The number of rotatable bonds is 6. The predicted octanol–water partition coefficient (Wildman–Crippen LogP) is 0.986. The first kappa shape index (κ1) is 22.6. The zero-order valence-corrected chi connectivity index (χ0v) is 19.1. The summed E-state index contributed by atoms with van der Waals surface area (Å²) in [6, 6.07) is 8.03. The maximum absolute atomic E-state index is 13.0. The van der Waals surface area contributed by atoms with Crippen molar-refractivity contribution in [1.29, 1.82) is 0 Å². The Hall–Kier alpha value is -4.16. The third kappa shape index (κ3) is 4.88. The van der Waals surface area contributed by atoms with Crippen LogP contribution in [0.15, 0.2) is 42.9 Å². The summed E-state index contributed by atoms with van der Waals surface area (Å²) in [7, 11) is 0. The monoisotopic (exact) mass is 479 g/mol. The molecule has 1 aromatic carbocycles. The number of hydrogen-bond acceptors (Lipinski definition) is 8. The van der Waals surface area contributed by atoms with Crippen LogP contribution in [0.25, 0.3) is 11.3 Å². The highest BCUT2D eigenvalue weighted by Crippen LogP contribution is 2.40. The van der Waals surface area contributed by atoms with Gasteiger partial charge in [-0.1, -0.05) is 12.1 Å². The van der Waals surface area contributed by atoms with Crippen LogP contribution in [0.1, 0.15) is 19.3 Å². The van der Waals surface area contributed by atoms with Crippen molar-refractivity contribution in [2.24, 2.45) is 5.41 Å². The number of nitrogens with zero attached hydrogens (tertiary/aromatic N) is 9. The van der Waals surface area contributed by atoms with Crippen molar-refractivity contribution in [2.75, 3.05) is 26.2 Å². The van der Waals surface area contributed by atoms with E-state index < -0.39 is 4.92 Å². The molecule has 4 heterocycles. The van der Waals surface area contributed by atoms with E-state index >= 15 is 0 Å². The second-order valence-corrected chi connectivity index (χ2v) is 9.16. The lowest BCUT2D eigenvalue weighted by molar-refractivity contribution is -0.384. The summed E-state index contributed by atoms with van der Waals surface area (Å²) in [6.07, 6.45) is 5.78. The number of nitro groups is 1. The Bertz CT molecular complexity index is 1230. The maximum Gasteiger partial charge on any atom is 0.270 e. The number of hydrogen-bond donors (Lipinski definition) is 0. The summed E-state index contributed by atoms with van der Waals surface area (Å²) in [5.74, 6) is -0.0101. The molecule has 5 rings (SSSR count). The number of likely N-dealkylation sites (tertiary alicyclic amines) is 2. The molecule has 0 N–H and O–H groups in total. The number of benzene rings is 1. The standard InChI is InChI=1S/C22H25N9O4/c32-20(14-30-16-23-25-26-30)27-9-5-22(6-10-27)7-11-28(15-22)21(33)13-29-8-4-19(24-29)17-2-1-3-18(12-17)31(34)35/h1-4,8,12,16H,5-7,9-11,13-15H2. The molecule has 2 amide bonds. The second kappa shape index (κ2) is 9.24. The van der Waals surface area contributed by atoms with E-state index in [1.54, 1.807) is 29.1 Å². The van der Waals surface area contributed by atoms with Crippen molar-refractivity contribution in [3.8, 4) is 11.3 Å². The van der Waals surface area contributed by atoms with Crippen LogP contribution in [-0.2, 0) is 22.7 Å². The molecule has 0 unspecified atom stereocenters. The molecule has 2 aromatic heterocycles. The van der Waals surface area contributed by atoms with Crippen molar-refractivity contribution in [1.82, 2.24) is 39.8 Å². The van der Waals surface area contributed by atoms with Crippen LogP contribution in [-0.4, -0.2) is 82.7 Å². The van der Waals surface area contributed by atoms with E-state index in [1.165, 1.54) is 23.1 Å². The van der Waals surface area contributed by atoms with E-state index in [0.717, 1.165) is 19.3 Å². The highest BCUT2D eigenvalue weighted by Gasteiger charge is 2.42. The van der Waals surface area contributed by atoms with Crippen LogP contribution in [0.3, 0.4) is 0 Å². The van der Waals surface area contributed by atoms with Gasteiger partial charge in [0.25, 0.3) is 5.69 Å². The zero-order valence-electron chi connectivity index (χ0n) is 19.1. The summed E-state index contributed by atoms with van der Waals surface area (Å²) in [6.45, 7) is 2.94.